The van der Waals surface area contributed by atoms with Gasteiger partial charge in [-0.25, -0.2) is 0 Å². The number of nitrogens with two attached hydrogens (primary N) is 1. The summed E-state index contributed by atoms with van der Waals surface area (Å²) in [7, 11) is 0. The minimum Gasteiger partial charge on any atom is -0.393 e. The molecule has 0 aromatic carbocycles. The van der Waals surface area contributed by atoms with E-state index in [0.717, 1.165) is 19.3 Å². The number of rotatable bonds is 3. The molecule has 2 aliphatic carbocycles. The SMILES string of the molecule is NC(=NCC1CCCC1O)NC1CC1. The fourth-order valence-electron chi connectivity index (χ4n) is 1.93. The molecule has 0 heterocycles. The number of nitrogens with one attached hydrogen (secondary N) is 1. The molecule has 0 aromatic heterocycles. The van der Waals surface area contributed by atoms with E-state index in [0.29, 0.717) is 24.5 Å². The highest BCUT2D eigenvalue weighted by atomic mass is 16.3. The van der Waals surface area contributed by atoms with Gasteiger partial charge < -0.3 is 16.2 Å². The van der Waals surface area contributed by atoms with E-state index in [1.54, 1.807) is 0 Å². The molecule has 0 spiro atoms. The monoisotopic (exact) mass is 197 g/mol. The molecular weight excluding hydrogens is 178 g/mol. The number of hydrogen-bond acceptors (Lipinski definition) is 2. The molecule has 4 heteroatoms. The lowest BCUT2D eigenvalue weighted by atomic mass is 10.1. The summed E-state index contributed by atoms with van der Waals surface area (Å²) in [4.78, 5) is 4.26. The fourth-order valence-corrected chi connectivity index (χ4v) is 1.93. The first kappa shape index (κ1) is 9.77. The van der Waals surface area contributed by atoms with E-state index in [9.17, 15) is 5.11 Å². The van der Waals surface area contributed by atoms with Gasteiger partial charge in [0.1, 0.15) is 0 Å². The number of aliphatic imine (C=N–C) groups is 1. The van der Waals surface area contributed by atoms with E-state index in [1.165, 1.54) is 12.8 Å². The Bertz CT molecular complexity index is 225. The lowest BCUT2D eigenvalue weighted by molar-refractivity contribution is 0.136. The number of nitrogens with zero attached hydrogens (tertiary/aromatic N) is 1. The van der Waals surface area contributed by atoms with Gasteiger partial charge in [-0.05, 0) is 25.7 Å². The summed E-state index contributed by atoms with van der Waals surface area (Å²) in [6.07, 6.45) is 5.40. The third kappa shape index (κ3) is 2.61. The van der Waals surface area contributed by atoms with Crippen LogP contribution in [0.4, 0.5) is 0 Å². The third-order valence-corrected chi connectivity index (χ3v) is 3.04. The zero-order valence-corrected chi connectivity index (χ0v) is 8.45. The van der Waals surface area contributed by atoms with E-state index in [4.69, 9.17) is 5.73 Å². The highest BCUT2D eigenvalue weighted by molar-refractivity contribution is 5.78. The Morgan fingerprint density at radius 2 is 2.14 bits per heavy atom. The van der Waals surface area contributed by atoms with Gasteiger partial charge in [0.2, 0.25) is 0 Å². The summed E-state index contributed by atoms with van der Waals surface area (Å²) in [6.45, 7) is 0.673. The van der Waals surface area contributed by atoms with Crippen LogP contribution in [0.3, 0.4) is 0 Å². The molecule has 4 N–H and O–H groups in total. The number of aliphatic hydroxyl groups is 1. The van der Waals surface area contributed by atoms with Crippen LogP contribution in [0.2, 0.25) is 0 Å². The van der Waals surface area contributed by atoms with Crippen LogP contribution in [0.1, 0.15) is 32.1 Å². The molecule has 0 radical (unpaired) electrons. The zero-order chi connectivity index (χ0) is 9.97. The summed E-state index contributed by atoms with van der Waals surface area (Å²) in [5.74, 6) is 0.876. The van der Waals surface area contributed by atoms with Crippen LogP contribution >= 0.6 is 0 Å². The van der Waals surface area contributed by atoms with E-state index in [1.807, 2.05) is 0 Å². The van der Waals surface area contributed by atoms with Crippen molar-refractivity contribution in [3.05, 3.63) is 0 Å². The third-order valence-electron chi connectivity index (χ3n) is 3.04. The highest BCUT2D eigenvalue weighted by Crippen LogP contribution is 2.25. The predicted octanol–water partition coefficient (Wildman–Crippen LogP) is 0.214. The van der Waals surface area contributed by atoms with Crippen molar-refractivity contribution in [1.29, 1.82) is 0 Å². The van der Waals surface area contributed by atoms with E-state index in [2.05, 4.69) is 10.3 Å². The molecular formula is C10H19N3O. The van der Waals surface area contributed by atoms with Gasteiger partial charge in [0.25, 0.3) is 0 Å². The Kier molecular flexibility index (Phi) is 2.91. The summed E-state index contributed by atoms with van der Waals surface area (Å²) < 4.78 is 0. The van der Waals surface area contributed by atoms with Crippen molar-refractivity contribution < 1.29 is 5.11 Å². The molecule has 2 aliphatic rings. The normalized spacial score (nSPS) is 33.4. The lowest BCUT2D eigenvalue weighted by Crippen LogP contribution is -2.34. The fraction of sp³-hybridized carbons (Fsp3) is 0.900. The van der Waals surface area contributed by atoms with Gasteiger partial charge in [0, 0.05) is 18.5 Å². The van der Waals surface area contributed by atoms with Gasteiger partial charge in [0.15, 0.2) is 5.96 Å². The van der Waals surface area contributed by atoms with Crippen LogP contribution in [0.5, 0.6) is 0 Å². The molecule has 80 valence electrons. The van der Waals surface area contributed by atoms with Gasteiger partial charge in [0.05, 0.1) is 6.10 Å². The Morgan fingerprint density at radius 1 is 1.36 bits per heavy atom. The van der Waals surface area contributed by atoms with Gasteiger partial charge in [-0.3, -0.25) is 4.99 Å². The van der Waals surface area contributed by atoms with Crippen molar-refractivity contribution in [3.8, 4) is 0 Å². The van der Waals surface area contributed by atoms with Crippen LogP contribution < -0.4 is 11.1 Å². The average molecular weight is 197 g/mol. The molecule has 0 aliphatic heterocycles. The van der Waals surface area contributed by atoms with Crippen LogP contribution in [0.15, 0.2) is 4.99 Å². The molecule has 14 heavy (non-hydrogen) atoms. The molecule has 2 atom stereocenters. The van der Waals surface area contributed by atoms with Crippen molar-refractivity contribution in [1.82, 2.24) is 5.32 Å². The summed E-state index contributed by atoms with van der Waals surface area (Å²) in [5.41, 5.74) is 5.70. The molecule has 4 nitrogen and oxygen atoms in total. The number of aliphatic hydroxyl groups excluding tert-OH is 1. The van der Waals surface area contributed by atoms with Gasteiger partial charge >= 0.3 is 0 Å². The second-order valence-electron chi connectivity index (χ2n) is 4.40. The molecule has 0 saturated heterocycles. The van der Waals surface area contributed by atoms with Gasteiger partial charge in [-0.2, -0.15) is 0 Å². The molecule has 0 aromatic rings. The molecule has 2 saturated carbocycles. The average Bonchev–Trinajstić information content (AvgIpc) is 2.86. The van der Waals surface area contributed by atoms with Crippen LogP contribution in [-0.4, -0.2) is 29.8 Å². The maximum Gasteiger partial charge on any atom is 0.188 e. The first-order valence-corrected chi connectivity index (χ1v) is 5.50. The van der Waals surface area contributed by atoms with Crippen LogP contribution in [0, 0.1) is 5.92 Å². The molecule has 2 rings (SSSR count). The predicted molar refractivity (Wildman–Crippen MR) is 56.0 cm³/mol. The zero-order valence-electron chi connectivity index (χ0n) is 8.45. The van der Waals surface area contributed by atoms with Crippen LogP contribution in [0.25, 0.3) is 0 Å². The lowest BCUT2D eigenvalue weighted by Gasteiger charge is -2.11. The smallest absolute Gasteiger partial charge is 0.188 e. The molecule has 0 amide bonds. The largest absolute Gasteiger partial charge is 0.393 e. The Hall–Kier alpha value is -0.770. The maximum absolute atomic E-state index is 9.57. The Morgan fingerprint density at radius 3 is 2.71 bits per heavy atom. The first-order valence-electron chi connectivity index (χ1n) is 5.50. The van der Waals surface area contributed by atoms with Crippen molar-refractivity contribution >= 4 is 5.96 Å². The Balaban J connectivity index is 1.73. The van der Waals surface area contributed by atoms with E-state index in [-0.39, 0.29) is 6.10 Å². The van der Waals surface area contributed by atoms with E-state index < -0.39 is 0 Å². The number of hydrogen-bond donors (Lipinski definition) is 3. The van der Waals surface area contributed by atoms with E-state index >= 15 is 0 Å². The standard InChI is InChI=1S/C10H19N3O/c11-10(13-8-4-5-8)12-6-7-2-1-3-9(7)14/h7-9,14H,1-6H2,(H3,11,12,13). The topological polar surface area (TPSA) is 70.6 Å². The summed E-state index contributed by atoms with van der Waals surface area (Å²) in [6, 6.07) is 0.562. The second-order valence-corrected chi connectivity index (χ2v) is 4.40. The summed E-state index contributed by atoms with van der Waals surface area (Å²) >= 11 is 0. The van der Waals surface area contributed by atoms with Crippen molar-refractivity contribution in [3.63, 3.8) is 0 Å². The minimum absolute atomic E-state index is 0.160. The van der Waals surface area contributed by atoms with Crippen molar-refractivity contribution in [2.45, 2.75) is 44.2 Å². The quantitative estimate of drug-likeness (QED) is 0.447. The summed E-state index contributed by atoms with van der Waals surface area (Å²) in [5, 5.41) is 12.7. The first-order chi connectivity index (χ1) is 6.75. The molecule has 2 unspecified atom stereocenters. The van der Waals surface area contributed by atoms with Crippen molar-refractivity contribution in [2.24, 2.45) is 16.6 Å². The minimum atomic E-state index is -0.160. The second kappa shape index (κ2) is 4.17. The van der Waals surface area contributed by atoms with Gasteiger partial charge in [-0.15, -0.1) is 0 Å². The van der Waals surface area contributed by atoms with Crippen LogP contribution in [-0.2, 0) is 0 Å². The number of guanidine groups is 1. The Labute approximate surface area is 84.6 Å². The highest BCUT2D eigenvalue weighted by Gasteiger charge is 2.25. The van der Waals surface area contributed by atoms with Crippen molar-refractivity contribution in [2.75, 3.05) is 6.54 Å². The molecule has 0 bridgehead atoms. The molecule has 2 fully saturated rings. The van der Waals surface area contributed by atoms with Gasteiger partial charge in [-0.1, -0.05) is 6.42 Å². The maximum atomic E-state index is 9.57.